The van der Waals surface area contributed by atoms with E-state index in [1.807, 2.05) is 0 Å². The topological polar surface area (TPSA) is 86.7 Å². The van der Waals surface area contributed by atoms with Gasteiger partial charge in [0.1, 0.15) is 0 Å². The van der Waals surface area contributed by atoms with Crippen molar-refractivity contribution in [1.29, 1.82) is 0 Å². The van der Waals surface area contributed by atoms with Gasteiger partial charge in [-0.15, -0.1) is 0 Å². The molecule has 6 nitrogen and oxygen atoms in total. The second-order valence-electron chi connectivity index (χ2n) is 5.19. The lowest BCUT2D eigenvalue weighted by Crippen LogP contribution is -2.41. The van der Waals surface area contributed by atoms with Crippen molar-refractivity contribution < 1.29 is 18.3 Å². The van der Waals surface area contributed by atoms with Crippen LogP contribution in [0.1, 0.15) is 30.1 Å². The summed E-state index contributed by atoms with van der Waals surface area (Å²) in [6, 6.07) is 4.34. The highest BCUT2D eigenvalue weighted by Gasteiger charge is 2.26. The van der Waals surface area contributed by atoms with E-state index >= 15 is 0 Å². The van der Waals surface area contributed by atoms with Crippen molar-refractivity contribution in [2.45, 2.75) is 19.8 Å². The Morgan fingerprint density at radius 3 is 2.57 bits per heavy atom. The van der Waals surface area contributed by atoms with Crippen molar-refractivity contribution in [2.75, 3.05) is 17.8 Å². The van der Waals surface area contributed by atoms with Crippen LogP contribution in [0.25, 0.3) is 0 Å². The minimum absolute atomic E-state index is 0.0162. The zero-order valence-electron chi connectivity index (χ0n) is 11.5. The number of halogens is 1. The molecule has 0 bridgehead atoms. The molecule has 0 atom stereocenters. The Morgan fingerprint density at radius 2 is 2.00 bits per heavy atom. The molecule has 0 saturated carbocycles. The number of aromatic carboxylic acids is 1. The lowest BCUT2D eigenvalue weighted by molar-refractivity contribution is 0.0696. The first-order valence-corrected chi connectivity index (χ1v) is 8.83. The van der Waals surface area contributed by atoms with Crippen molar-refractivity contribution in [3.05, 3.63) is 28.2 Å². The van der Waals surface area contributed by atoms with E-state index in [-0.39, 0.29) is 11.3 Å². The third-order valence-corrected chi connectivity index (χ3v) is 5.76. The molecular weight excluding hydrogens is 360 g/mol. The van der Waals surface area contributed by atoms with Crippen LogP contribution in [-0.4, -0.2) is 36.9 Å². The highest BCUT2D eigenvalue weighted by atomic mass is 79.9. The third-order valence-electron chi connectivity index (χ3n) is 3.53. The summed E-state index contributed by atoms with van der Waals surface area (Å²) < 4.78 is 28.8. The van der Waals surface area contributed by atoms with Gasteiger partial charge in [0.15, 0.2) is 0 Å². The van der Waals surface area contributed by atoms with Crippen molar-refractivity contribution in [3.63, 3.8) is 0 Å². The maximum Gasteiger partial charge on any atom is 0.336 e. The Bertz CT molecular complexity index is 640. The molecule has 1 fully saturated rings. The predicted octanol–water partition coefficient (Wildman–Crippen LogP) is 2.54. The molecule has 0 radical (unpaired) electrons. The van der Waals surface area contributed by atoms with Crippen LogP contribution in [0.3, 0.4) is 0 Å². The van der Waals surface area contributed by atoms with Gasteiger partial charge in [-0.1, -0.05) is 6.92 Å². The summed E-state index contributed by atoms with van der Waals surface area (Å²) in [7, 11) is -3.64. The number of carbonyl (C=O) groups is 1. The summed E-state index contributed by atoms with van der Waals surface area (Å²) in [4.78, 5) is 11.1. The van der Waals surface area contributed by atoms with Crippen LogP contribution in [0.5, 0.6) is 0 Å². The number of hydrogen-bond acceptors (Lipinski definition) is 3. The van der Waals surface area contributed by atoms with Crippen LogP contribution in [0.15, 0.2) is 22.7 Å². The molecule has 1 aromatic rings. The number of benzene rings is 1. The van der Waals surface area contributed by atoms with Gasteiger partial charge in [-0.3, -0.25) is 4.72 Å². The Kier molecular flexibility index (Phi) is 4.90. The lowest BCUT2D eigenvalue weighted by atomic mass is 10.0. The first-order valence-electron chi connectivity index (χ1n) is 6.60. The van der Waals surface area contributed by atoms with Crippen LogP contribution in [0.2, 0.25) is 0 Å². The number of carboxylic acid groups (broad SMARTS) is 1. The quantitative estimate of drug-likeness (QED) is 0.844. The number of rotatable bonds is 4. The number of hydrogen-bond donors (Lipinski definition) is 2. The van der Waals surface area contributed by atoms with E-state index in [2.05, 4.69) is 27.6 Å². The third kappa shape index (κ3) is 3.96. The molecular formula is C13H17BrN2O4S. The highest BCUT2D eigenvalue weighted by Crippen LogP contribution is 2.24. The average molecular weight is 377 g/mol. The fraction of sp³-hybridized carbons (Fsp3) is 0.462. The fourth-order valence-corrected chi connectivity index (χ4v) is 3.85. The predicted molar refractivity (Wildman–Crippen MR) is 83.6 cm³/mol. The first kappa shape index (κ1) is 16.3. The van der Waals surface area contributed by atoms with E-state index in [9.17, 15) is 13.2 Å². The SMILES string of the molecule is CC1CCN(S(=O)(=O)Nc2ccc(Br)c(C(=O)O)c2)CC1. The van der Waals surface area contributed by atoms with E-state index < -0.39 is 16.2 Å². The lowest BCUT2D eigenvalue weighted by Gasteiger charge is -2.29. The summed E-state index contributed by atoms with van der Waals surface area (Å²) in [5.74, 6) is -0.586. The Balaban J connectivity index is 2.17. The summed E-state index contributed by atoms with van der Waals surface area (Å²) in [5.41, 5.74) is 0.261. The van der Waals surface area contributed by atoms with Gasteiger partial charge in [-0.25, -0.2) is 4.79 Å². The monoisotopic (exact) mass is 376 g/mol. The zero-order valence-corrected chi connectivity index (χ0v) is 13.9. The maximum atomic E-state index is 12.3. The van der Waals surface area contributed by atoms with E-state index in [1.165, 1.54) is 22.5 Å². The average Bonchev–Trinajstić information content (AvgIpc) is 2.41. The van der Waals surface area contributed by atoms with Gasteiger partial charge in [0.05, 0.1) is 11.3 Å². The molecule has 0 unspecified atom stereocenters. The van der Waals surface area contributed by atoms with Crippen LogP contribution < -0.4 is 4.72 Å². The summed E-state index contributed by atoms with van der Waals surface area (Å²) in [6.07, 6.45) is 1.67. The first-order chi connectivity index (χ1) is 9.79. The van der Waals surface area contributed by atoms with Crippen molar-refractivity contribution in [3.8, 4) is 0 Å². The standard InChI is InChI=1S/C13H17BrN2O4S/c1-9-4-6-16(7-5-9)21(19,20)15-10-2-3-12(14)11(8-10)13(17)18/h2-3,8-9,15H,4-7H2,1H3,(H,17,18). The molecule has 0 amide bonds. The van der Waals surface area contributed by atoms with E-state index in [1.54, 1.807) is 0 Å². The van der Waals surface area contributed by atoms with Gasteiger partial charge in [0, 0.05) is 17.6 Å². The number of anilines is 1. The van der Waals surface area contributed by atoms with Crippen LogP contribution >= 0.6 is 15.9 Å². The Labute approximate surface area is 132 Å². The van der Waals surface area contributed by atoms with Crippen LogP contribution in [-0.2, 0) is 10.2 Å². The molecule has 0 aliphatic carbocycles. The van der Waals surface area contributed by atoms with E-state index in [4.69, 9.17) is 5.11 Å². The number of piperidine rings is 1. The molecule has 1 heterocycles. The molecule has 8 heteroatoms. The smallest absolute Gasteiger partial charge is 0.336 e. The van der Waals surface area contributed by atoms with Gasteiger partial charge < -0.3 is 5.11 Å². The largest absolute Gasteiger partial charge is 0.478 e. The summed E-state index contributed by atoms with van der Waals surface area (Å²) in [6.45, 7) is 3.07. The zero-order chi connectivity index (χ0) is 15.6. The van der Waals surface area contributed by atoms with Gasteiger partial charge in [-0.2, -0.15) is 12.7 Å². The molecule has 1 saturated heterocycles. The Morgan fingerprint density at radius 1 is 1.38 bits per heavy atom. The highest BCUT2D eigenvalue weighted by molar-refractivity contribution is 9.10. The normalized spacial score (nSPS) is 17.6. The minimum Gasteiger partial charge on any atom is -0.478 e. The summed E-state index contributed by atoms with van der Waals surface area (Å²) >= 11 is 3.13. The molecule has 1 aliphatic rings. The molecule has 1 aliphatic heterocycles. The second-order valence-corrected chi connectivity index (χ2v) is 7.71. The fourth-order valence-electron chi connectivity index (χ4n) is 2.19. The van der Waals surface area contributed by atoms with Gasteiger partial charge in [0.2, 0.25) is 0 Å². The van der Waals surface area contributed by atoms with E-state index in [0.29, 0.717) is 23.5 Å². The van der Waals surface area contributed by atoms with Gasteiger partial charge in [0.25, 0.3) is 0 Å². The number of nitrogens with one attached hydrogen (secondary N) is 1. The Hall–Kier alpha value is -1.12. The molecule has 2 rings (SSSR count). The molecule has 21 heavy (non-hydrogen) atoms. The van der Waals surface area contributed by atoms with Crippen molar-refractivity contribution >= 4 is 37.8 Å². The van der Waals surface area contributed by atoms with Crippen LogP contribution in [0, 0.1) is 5.92 Å². The minimum atomic E-state index is -3.64. The molecule has 0 spiro atoms. The van der Waals surface area contributed by atoms with Crippen molar-refractivity contribution in [2.24, 2.45) is 5.92 Å². The molecule has 1 aromatic carbocycles. The van der Waals surface area contributed by atoms with Gasteiger partial charge >= 0.3 is 16.2 Å². The van der Waals surface area contributed by atoms with Crippen LogP contribution in [0.4, 0.5) is 5.69 Å². The second kappa shape index (κ2) is 6.33. The molecule has 0 aromatic heterocycles. The van der Waals surface area contributed by atoms with Crippen molar-refractivity contribution in [1.82, 2.24) is 4.31 Å². The number of carboxylic acids is 1. The molecule has 2 N–H and O–H groups in total. The van der Waals surface area contributed by atoms with Gasteiger partial charge in [-0.05, 0) is 52.9 Å². The molecule has 116 valence electrons. The van der Waals surface area contributed by atoms with E-state index in [0.717, 1.165) is 12.8 Å². The summed E-state index contributed by atoms with van der Waals surface area (Å²) in [5, 5.41) is 9.05. The number of nitrogens with zero attached hydrogens (tertiary/aromatic N) is 1. The maximum absolute atomic E-state index is 12.3.